The summed E-state index contributed by atoms with van der Waals surface area (Å²) in [7, 11) is 0. The van der Waals surface area contributed by atoms with Crippen LogP contribution in [0, 0.1) is 12.8 Å². The third-order valence-corrected chi connectivity index (χ3v) is 2.99. The second-order valence-corrected chi connectivity index (χ2v) is 4.98. The van der Waals surface area contributed by atoms with Crippen LogP contribution < -0.4 is 0 Å². The maximum atomic E-state index is 11.5. The summed E-state index contributed by atoms with van der Waals surface area (Å²) in [6, 6.07) is 6.63. The number of carbonyl (C=O) groups is 2. The first-order valence-corrected chi connectivity index (χ1v) is 5.84. The molecule has 0 radical (unpaired) electrons. The van der Waals surface area contributed by atoms with Crippen LogP contribution in [0.4, 0.5) is 0 Å². The maximum absolute atomic E-state index is 11.5. The number of hydrogen-bond acceptors (Lipinski definition) is 2. The maximum Gasteiger partial charge on any atom is 0.325 e. The summed E-state index contributed by atoms with van der Waals surface area (Å²) >= 11 is 0. The summed E-state index contributed by atoms with van der Waals surface area (Å²) in [5.74, 6) is -2.65. The molecule has 0 aliphatic rings. The molecule has 1 aromatic carbocycles. The Kier molecular flexibility index (Phi) is 4.11. The van der Waals surface area contributed by atoms with Crippen LogP contribution in [-0.4, -0.2) is 22.2 Å². The SMILES string of the molecule is Cc1ccc(C(CC(C)C)(C(=O)O)C(=O)O)cc1. The van der Waals surface area contributed by atoms with E-state index in [0.29, 0.717) is 5.56 Å². The summed E-state index contributed by atoms with van der Waals surface area (Å²) in [6.07, 6.45) is 0.0702. The van der Waals surface area contributed by atoms with Gasteiger partial charge in [-0.15, -0.1) is 0 Å². The topological polar surface area (TPSA) is 74.6 Å². The highest BCUT2D eigenvalue weighted by Crippen LogP contribution is 2.32. The molecule has 0 aromatic heterocycles. The van der Waals surface area contributed by atoms with E-state index in [1.54, 1.807) is 24.3 Å². The highest BCUT2D eigenvalue weighted by molar-refractivity contribution is 6.04. The lowest BCUT2D eigenvalue weighted by molar-refractivity contribution is -0.158. The Balaban J connectivity index is 3.38. The molecule has 0 bridgehead atoms. The van der Waals surface area contributed by atoms with Crippen LogP contribution in [0.25, 0.3) is 0 Å². The number of aliphatic carboxylic acids is 2. The largest absolute Gasteiger partial charge is 0.480 e. The number of aryl methyl sites for hydroxylation is 1. The Morgan fingerprint density at radius 2 is 1.56 bits per heavy atom. The predicted molar refractivity (Wildman–Crippen MR) is 67.6 cm³/mol. The van der Waals surface area contributed by atoms with Gasteiger partial charge in [-0.2, -0.15) is 0 Å². The molecule has 18 heavy (non-hydrogen) atoms. The van der Waals surface area contributed by atoms with Crippen molar-refractivity contribution >= 4 is 11.9 Å². The summed E-state index contributed by atoms with van der Waals surface area (Å²) in [6.45, 7) is 5.50. The lowest BCUT2D eigenvalue weighted by atomic mass is 9.74. The average molecular weight is 250 g/mol. The lowest BCUT2D eigenvalue weighted by Gasteiger charge is -2.27. The van der Waals surface area contributed by atoms with Crippen molar-refractivity contribution in [1.29, 1.82) is 0 Å². The second-order valence-electron chi connectivity index (χ2n) is 4.98. The van der Waals surface area contributed by atoms with Crippen molar-refractivity contribution in [3.8, 4) is 0 Å². The minimum atomic E-state index is -1.86. The predicted octanol–water partition coefficient (Wildman–Crippen LogP) is 2.45. The lowest BCUT2D eigenvalue weighted by Crippen LogP contribution is -2.44. The Hall–Kier alpha value is -1.84. The van der Waals surface area contributed by atoms with E-state index in [-0.39, 0.29) is 12.3 Å². The van der Waals surface area contributed by atoms with E-state index < -0.39 is 17.4 Å². The molecule has 1 rings (SSSR count). The van der Waals surface area contributed by atoms with E-state index in [2.05, 4.69) is 0 Å². The summed E-state index contributed by atoms with van der Waals surface area (Å²) < 4.78 is 0. The molecule has 2 N–H and O–H groups in total. The molecule has 0 aliphatic carbocycles. The molecular formula is C14H18O4. The van der Waals surface area contributed by atoms with Crippen molar-refractivity contribution in [3.05, 3.63) is 35.4 Å². The summed E-state index contributed by atoms with van der Waals surface area (Å²) in [5, 5.41) is 18.8. The Labute approximate surface area is 106 Å². The third kappa shape index (κ3) is 2.53. The second kappa shape index (κ2) is 5.21. The zero-order valence-corrected chi connectivity index (χ0v) is 10.8. The van der Waals surface area contributed by atoms with Gasteiger partial charge in [0, 0.05) is 0 Å². The van der Waals surface area contributed by atoms with Crippen LogP contribution in [0.2, 0.25) is 0 Å². The smallest absolute Gasteiger partial charge is 0.325 e. The van der Waals surface area contributed by atoms with Crippen molar-refractivity contribution in [2.75, 3.05) is 0 Å². The molecule has 0 amide bonds. The highest BCUT2D eigenvalue weighted by atomic mass is 16.4. The molecule has 98 valence electrons. The molecule has 4 nitrogen and oxygen atoms in total. The van der Waals surface area contributed by atoms with Crippen LogP contribution in [0.15, 0.2) is 24.3 Å². The standard InChI is InChI=1S/C14H18O4/c1-9(2)8-14(12(15)16,13(17)18)11-6-4-10(3)5-7-11/h4-7,9H,8H2,1-3H3,(H,15,16)(H,17,18). The fraction of sp³-hybridized carbons (Fsp3) is 0.429. The molecule has 0 spiro atoms. The summed E-state index contributed by atoms with van der Waals surface area (Å²) in [5.41, 5.74) is -0.572. The molecule has 1 aromatic rings. The first-order valence-electron chi connectivity index (χ1n) is 5.84. The highest BCUT2D eigenvalue weighted by Gasteiger charge is 2.48. The van der Waals surface area contributed by atoms with Crippen LogP contribution in [0.5, 0.6) is 0 Å². The van der Waals surface area contributed by atoms with Crippen molar-refractivity contribution in [2.24, 2.45) is 5.92 Å². The summed E-state index contributed by atoms with van der Waals surface area (Å²) in [4.78, 5) is 23.0. The van der Waals surface area contributed by atoms with Gasteiger partial charge in [-0.25, -0.2) is 0 Å². The molecule has 0 aliphatic heterocycles. The minimum Gasteiger partial charge on any atom is -0.480 e. The van der Waals surface area contributed by atoms with Gasteiger partial charge < -0.3 is 10.2 Å². The van der Waals surface area contributed by atoms with Crippen LogP contribution in [0.1, 0.15) is 31.4 Å². The monoisotopic (exact) mass is 250 g/mol. The number of benzene rings is 1. The number of carboxylic acid groups (broad SMARTS) is 2. The number of hydrogen-bond donors (Lipinski definition) is 2. The van der Waals surface area contributed by atoms with Crippen molar-refractivity contribution in [3.63, 3.8) is 0 Å². The van der Waals surface area contributed by atoms with Crippen LogP contribution in [-0.2, 0) is 15.0 Å². The zero-order valence-electron chi connectivity index (χ0n) is 10.8. The Morgan fingerprint density at radius 1 is 1.11 bits per heavy atom. The molecule has 0 saturated carbocycles. The minimum absolute atomic E-state index is 0.0292. The third-order valence-electron chi connectivity index (χ3n) is 2.99. The molecule has 0 unspecified atom stereocenters. The van der Waals surface area contributed by atoms with Gasteiger partial charge in [0.25, 0.3) is 0 Å². The van der Waals surface area contributed by atoms with E-state index in [1.807, 2.05) is 20.8 Å². The first-order chi connectivity index (χ1) is 8.30. The van der Waals surface area contributed by atoms with Gasteiger partial charge in [0.1, 0.15) is 0 Å². The van der Waals surface area contributed by atoms with E-state index >= 15 is 0 Å². The Bertz CT molecular complexity index is 431. The van der Waals surface area contributed by atoms with Gasteiger partial charge in [0.2, 0.25) is 0 Å². The van der Waals surface area contributed by atoms with Gasteiger partial charge in [0.05, 0.1) is 0 Å². The first kappa shape index (κ1) is 14.2. The van der Waals surface area contributed by atoms with Gasteiger partial charge in [-0.3, -0.25) is 9.59 Å². The average Bonchev–Trinajstić information content (AvgIpc) is 2.26. The molecule has 0 saturated heterocycles. The van der Waals surface area contributed by atoms with Crippen molar-refractivity contribution in [2.45, 2.75) is 32.6 Å². The van der Waals surface area contributed by atoms with E-state index in [4.69, 9.17) is 0 Å². The normalized spacial score (nSPS) is 11.6. The van der Waals surface area contributed by atoms with Crippen LogP contribution in [0.3, 0.4) is 0 Å². The number of carboxylic acids is 2. The van der Waals surface area contributed by atoms with Crippen molar-refractivity contribution < 1.29 is 19.8 Å². The van der Waals surface area contributed by atoms with Gasteiger partial charge >= 0.3 is 11.9 Å². The zero-order chi connectivity index (χ0) is 13.9. The van der Waals surface area contributed by atoms with Crippen molar-refractivity contribution in [1.82, 2.24) is 0 Å². The molecule has 0 fully saturated rings. The quantitative estimate of drug-likeness (QED) is 0.787. The van der Waals surface area contributed by atoms with Gasteiger partial charge in [0.15, 0.2) is 5.41 Å². The van der Waals surface area contributed by atoms with Crippen LogP contribution >= 0.6 is 0 Å². The fourth-order valence-electron chi connectivity index (χ4n) is 2.08. The Morgan fingerprint density at radius 3 is 1.89 bits per heavy atom. The van der Waals surface area contributed by atoms with Gasteiger partial charge in [-0.05, 0) is 24.8 Å². The fourth-order valence-corrected chi connectivity index (χ4v) is 2.08. The molecule has 0 heterocycles. The van der Waals surface area contributed by atoms with E-state index in [9.17, 15) is 19.8 Å². The van der Waals surface area contributed by atoms with Gasteiger partial charge in [-0.1, -0.05) is 43.7 Å². The molecule has 4 heteroatoms. The number of rotatable bonds is 5. The molecule has 0 atom stereocenters. The van der Waals surface area contributed by atoms with E-state index in [1.165, 1.54) is 0 Å². The molecular weight excluding hydrogens is 232 g/mol. The van der Waals surface area contributed by atoms with E-state index in [0.717, 1.165) is 5.56 Å².